The topological polar surface area (TPSA) is 157 Å². The Morgan fingerprint density at radius 1 is 1.00 bits per heavy atom. The largest absolute Gasteiger partial charge is 0.495 e. The Balaban J connectivity index is 1.49. The maximum Gasteiger partial charge on any atom is 0.411 e. The zero-order valence-electron chi connectivity index (χ0n) is 28.7. The number of amides is 1. The lowest BCUT2D eigenvalue weighted by Gasteiger charge is -2.43. The van der Waals surface area contributed by atoms with E-state index in [-0.39, 0.29) is 30.2 Å². The lowest BCUT2D eigenvalue weighted by Crippen LogP contribution is -2.66. The van der Waals surface area contributed by atoms with Crippen molar-refractivity contribution in [1.82, 2.24) is 24.7 Å². The van der Waals surface area contributed by atoms with Crippen LogP contribution < -0.4 is 25.7 Å². The molecule has 13 heteroatoms. The second-order valence-electron chi connectivity index (χ2n) is 12.9. The highest BCUT2D eigenvalue weighted by atomic mass is 28.4. The van der Waals surface area contributed by atoms with Crippen molar-refractivity contribution in [3.8, 4) is 5.75 Å². The molecule has 2 aromatic carbocycles. The van der Waals surface area contributed by atoms with Crippen molar-refractivity contribution in [2.24, 2.45) is 0 Å². The van der Waals surface area contributed by atoms with E-state index in [0.717, 1.165) is 18.4 Å². The third kappa shape index (κ3) is 7.90. The molecule has 0 aliphatic heterocycles. The number of aromatic nitrogens is 5. The normalized spacial score (nSPS) is 12.5. The second kappa shape index (κ2) is 15.6. The smallest absolute Gasteiger partial charge is 0.411 e. The highest BCUT2D eigenvalue weighted by Gasteiger charge is 2.50. The van der Waals surface area contributed by atoms with Crippen LogP contribution in [0.15, 0.2) is 79.1 Å². The third-order valence-electron chi connectivity index (χ3n) is 8.59. The monoisotopic (exact) mass is 683 g/mol. The van der Waals surface area contributed by atoms with Gasteiger partial charge < -0.3 is 24.7 Å². The molecule has 0 saturated heterocycles. The van der Waals surface area contributed by atoms with E-state index < -0.39 is 14.4 Å². The fourth-order valence-corrected chi connectivity index (χ4v) is 11.0. The predicted molar refractivity (Wildman–Crippen MR) is 193 cm³/mol. The van der Waals surface area contributed by atoms with Crippen LogP contribution in [0.2, 0.25) is 5.04 Å². The van der Waals surface area contributed by atoms with Gasteiger partial charge >= 0.3 is 6.09 Å². The van der Waals surface area contributed by atoms with E-state index in [1.807, 2.05) is 12.1 Å². The first-order valence-corrected chi connectivity index (χ1v) is 18.4. The van der Waals surface area contributed by atoms with E-state index in [4.69, 9.17) is 9.16 Å². The van der Waals surface area contributed by atoms with Gasteiger partial charge in [-0.1, -0.05) is 94.8 Å². The van der Waals surface area contributed by atoms with E-state index in [9.17, 15) is 15.0 Å². The highest BCUT2D eigenvalue weighted by Crippen LogP contribution is 2.37. The molecule has 0 fully saturated rings. The van der Waals surface area contributed by atoms with E-state index in [0.29, 0.717) is 41.3 Å². The number of methoxy groups -OCH3 is 1. The van der Waals surface area contributed by atoms with Crippen LogP contribution in [0.5, 0.6) is 5.75 Å². The molecular formula is C36H45N7O5Si. The molecule has 0 bridgehead atoms. The lowest BCUT2D eigenvalue weighted by atomic mass is 10.1. The molecule has 3 aromatic heterocycles. The number of aliphatic hydroxyl groups excluding tert-OH is 1. The molecule has 0 saturated carbocycles. The Hall–Kier alpha value is -4.85. The average Bonchev–Trinajstić information content (AvgIpc) is 3.49. The van der Waals surface area contributed by atoms with Crippen LogP contribution in [0.1, 0.15) is 58.2 Å². The zero-order chi connectivity index (χ0) is 35.0. The number of hydrogen-bond acceptors (Lipinski definition) is 9. The van der Waals surface area contributed by atoms with Crippen LogP contribution >= 0.6 is 0 Å². The maximum atomic E-state index is 11.6. The van der Waals surface area contributed by atoms with Gasteiger partial charge in [-0.3, -0.25) is 15.0 Å². The molecule has 1 atom stereocenters. The van der Waals surface area contributed by atoms with Gasteiger partial charge in [-0.2, -0.15) is 10.1 Å². The van der Waals surface area contributed by atoms with Gasteiger partial charge in [0.1, 0.15) is 16.8 Å². The van der Waals surface area contributed by atoms with Crippen LogP contribution in [-0.2, 0) is 17.6 Å². The SMILES string of the molecule is CCC[C@@H](CCO[Si](c1ccccc1)(c1ccccc1)C(C)(C)C)Nc1nc(NC(=O)O)nc2cnn(Cc3cc(CO)ncc3OC)c12. The van der Waals surface area contributed by atoms with Crippen molar-refractivity contribution in [2.75, 3.05) is 24.4 Å². The fraction of sp³-hybridized carbons (Fsp3) is 0.361. The first-order valence-electron chi connectivity index (χ1n) is 16.5. The Labute approximate surface area is 287 Å². The summed E-state index contributed by atoms with van der Waals surface area (Å²) in [4.78, 5) is 24.8. The molecular weight excluding hydrogens is 639 g/mol. The standard InChI is InChI=1S/C36H45N7O5Si/c1-6-13-26(18-19-48-49(36(2,3)4,28-14-9-7-10-15-28)29-16-11-8-12-17-29)39-33-32-30(40-34(41-33)42-35(45)46)21-38-43(32)23-25-20-27(24-44)37-22-31(25)47-5/h7-12,14-17,20-22,26,44H,6,13,18-19,23-24H2,1-5H3,(H,45,46)(H2,39,40,41,42)/t26-/m0/s1. The summed E-state index contributed by atoms with van der Waals surface area (Å²) in [6, 6.07) is 22.8. The van der Waals surface area contributed by atoms with Crippen molar-refractivity contribution in [2.45, 2.75) is 71.2 Å². The highest BCUT2D eigenvalue weighted by molar-refractivity contribution is 6.99. The van der Waals surface area contributed by atoms with Gasteiger partial charge in [-0.25, -0.2) is 9.78 Å². The molecule has 0 radical (unpaired) electrons. The quantitative estimate of drug-likeness (QED) is 0.105. The van der Waals surface area contributed by atoms with Crippen molar-refractivity contribution in [1.29, 1.82) is 0 Å². The fourth-order valence-electron chi connectivity index (χ4n) is 6.41. The maximum absolute atomic E-state index is 11.6. The number of benzene rings is 2. The number of carbonyl (C=O) groups is 1. The van der Waals surface area contributed by atoms with E-state index in [1.165, 1.54) is 10.4 Å². The molecule has 0 spiro atoms. The Bertz CT molecular complexity index is 1810. The van der Waals surface area contributed by atoms with Crippen molar-refractivity contribution in [3.63, 3.8) is 0 Å². The molecule has 0 aliphatic rings. The summed E-state index contributed by atoms with van der Waals surface area (Å²) in [7, 11) is -1.18. The van der Waals surface area contributed by atoms with Gasteiger partial charge in [-0.15, -0.1) is 0 Å². The molecule has 5 aromatic rings. The van der Waals surface area contributed by atoms with Crippen molar-refractivity contribution < 1.29 is 24.2 Å². The molecule has 4 N–H and O–H groups in total. The minimum Gasteiger partial charge on any atom is -0.495 e. The number of anilines is 2. The van der Waals surface area contributed by atoms with Crippen molar-refractivity contribution in [3.05, 3.63) is 90.4 Å². The molecule has 0 unspecified atom stereocenters. The Kier molecular flexibility index (Phi) is 11.3. The molecule has 49 heavy (non-hydrogen) atoms. The molecule has 12 nitrogen and oxygen atoms in total. The van der Waals surface area contributed by atoms with Crippen LogP contribution in [0.4, 0.5) is 16.6 Å². The number of aliphatic hydroxyl groups is 1. The average molecular weight is 684 g/mol. The van der Waals surface area contributed by atoms with E-state index in [2.05, 4.69) is 107 Å². The molecule has 0 aliphatic carbocycles. The van der Waals surface area contributed by atoms with Crippen LogP contribution in [0, 0.1) is 0 Å². The minimum atomic E-state index is -2.74. The van der Waals surface area contributed by atoms with Gasteiger partial charge in [-0.05, 0) is 34.3 Å². The number of carboxylic acid groups (broad SMARTS) is 1. The number of pyridine rings is 1. The summed E-state index contributed by atoms with van der Waals surface area (Å²) in [6.45, 7) is 9.47. The van der Waals surface area contributed by atoms with Crippen LogP contribution in [0.3, 0.4) is 0 Å². The van der Waals surface area contributed by atoms with Gasteiger partial charge in [0, 0.05) is 18.2 Å². The summed E-state index contributed by atoms with van der Waals surface area (Å²) in [6.07, 6.45) is 4.29. The van der Waals surface area contributed by atoms with Gasteiger partial charge in [0.05, 0.1) is 38.3 Å². The lowest BCUT2D eigenvalue weighted by molar-refractivity contribution is 0.209. The zero-order valence-corrected chi connectivity index (χ0v) is 29.7. The first kappa shape index (κ1) is 35.5. The Morgan fingerprint density at radius 2 is 1.67 bits per heavy atom. The summed E-state index contributed by atoms with van der Waals surface area (Å²) in [5.41, 5.74) is 2.33. The van der Waals surface area contributed by atoms with Gasteiger partial charge in [0.25, 0.3) is 8.32 Å². The first-order chi connectivity index (χ1) is 23.6. The molecule has 1 amide bonds. The molecule has 5 rings (SSSR count). The third-order valence-corrected chi connectivity index (χ3v) is 13.6. The minimum absolute atomic E-state index is 0.0510. The molecule has 3 heterocycles. The number of hydrogen-bond donors (Lipinski definition) is 4. The summed E-state index contributed by atoms with van der Waals surface area (Å²) < 4.78 is 14.5. The predicted octanol–water partition coefficient (Wildman–Crippen LogP) is 5.41. The van der Waals surface area contributed by atoms with Gasteiger partial charge in [0.15, 0.2) is 5.82 Å². The van der Waals surface area contributed by atoms with Crippen molar-refractivity contribution >= 4 is 47.6 Å². The summed E-state index contributed by atoms with van der Waals surface area (Å²) in [5.74, 6) is 0.945. The van der Waals surface area contributed by atoms with E-state index in [1.54, 1.807) is 30.3 Å². The number of nitrogens with zero attached hydrogens (tertiary/aromatic N) is 5. The van der Waals surface area contributed by atoms with Crippen LogP contribution in [0.25, 0.3) is 11.0 Å². The van der Waals surface area contributed by atoms with E-state index >= 15 is 0 Å². The number of fused-ring (bicyclic) bond motifs is 1. The number of nitrogens with one attached hydrogen (secondary N) is 2. The Morgan fingerprint density at radius 3 is 2.24 bits per heavy atom. The molecule has 258 valence electrons. The summed E-state index contributed by atoms with van der Waals surface area (Å²) >= 11 is 0. The van der Waals surface area contributed by atoms with Gasteiger partial charge in [0.2, 0.25) is 5.95 Å². The number of rotatable bonds is 15. The van der Waals surface area contributed by atoms with Crippen LogP contribution in [-0.4, -0.2) is 69.1 Å². The number of ether oxygens (including phenoxy) is 1. The second-order valence-corrected chi connectivity index (χ2v) is 17.2. The summed E-state index contributed by atoms with van der Waals surface area (Å²) in [5, 5.41) is 31.9.